The smallest absolute Gasteiger partial charge is 0.163 e. The summed E-state index contributed by atoms with van der Waals surface area (Å²) in [6.45, 7) is 6.70. The number of hydrogen-bond acceptors (Lipinski definition) is 6. The number of aromatic nitrogens is 4. The van der Waals surface area contributed by atoms with Crippen molar-refractivity contribution in [2.45, 2.75) is 33.7 Å². The Kier molecular flexibility index (Phi) is 7.28. The first-order valence-electron chi connectivity index (χ1n) is 9.35. The molecule has 150 valence electrons. The zero-order valence-electron chi connectivity index (χ0n) is 16.5. The number of hydrogen-bond donors (Lipinski definition) is 1. The van der Waals surface area contributed by atoms with Gasteiger partial charge in [-0.3, -0.25) is 9.98 Å². The van der Waals surface area contributed by atoms with Crippen molar-refractivity contribution in [2.24, 2.45) is 10.9 Å². The fourth-order valence-corrected chi connectivity index (χ4v) is 3.09. The lowest BCUT2D eigenvalue weighted by Gasteiger charge is -2.13. The molecule has 3 heterocycles. The van der Waals surface area contributed by atoms with Crippen molar-refractivity contribution in [3.8, 4) is 11.4 Å². The van der Waals surface area contributed by atoms with E-state index in [0.717, 1.165) is 33.7 Å². The second kappa shape index (κ2) is 9.89. The van der Waals surface area contributed by atoms with Gasteiger partial charge >= 0.3 is 0 Å². The molecule has 3 rings (SSSR count). The molecule has 0 fully saturated rings. The van der Waals surface area contributed by atoms with Crippen LogP contribution in [-0.4, -0.2) is 26.2 Å². The van der Waals surface area contributed by atoms with Crippen LogP contribution in [0.25, 0.3) is 11.4 Å². The van der Waals surface area contributed by atoms with Crippen LogP contribution in [0.5, 0.6) is 0 Å². The fourth-order valence-electron chi connectivity index (χ4n) is 2.54. The number of rotatable bonds is 7. The molecule has 0 aromatic carbocycles. The highest BCUT2D eigenvalue weighted by Gasteiger charge is 2.13. The highest BCUT2D eigenvalue weighted by atomic mass is 79.9. The standard InChI is InChI=1S/C21H22BrClN6/c1-4-13(2)9-25-19-14(3)27-20(15-8-16(23)11-24-10-15)29-21(19)26-12-17-6-5-7-18(22)28-17/h5-11,13H,4,12H2,1-3H3,(H,26,27,29). The zero-order chi connectivity index (χ0) is 20.8. The summed E-state index contributed by atoms with van der Waals surface area (Å²) in [5.74, 6) is 1.56. The first-order valence-corrected chi connectivity index (χ1v) is 10.5. The van der Waals surface area contributed by atoms with Gasteiger partial charge in [-0.2, -0.15) is 0 Å². The Bertz CT molecular complexity index is 1020. The molecule has 6 nitrogen and oxygen atoms in total. The third kappa shape index (κ3) is 5.81. The Morgan fingerprint density at radius 1 is 1.24 bits per heavy atom. The van der Waals surface area contributed by atoms with E-state index in [0.29, 0.717) is 29.1 Å². The van der Waals surface area contributed by atoms with Crippen LogP contribution in [0.4, 0.5) is 11.5 Å². The van der Waals surface area contributed by atoms with E-state index in [9.17, 15) is 0 Å². The monoisotopic (exact) mass is 472 g/mol. The quantitative estimate of drug-likeness (QED) is 0.335. The molecule has 0 aliphatic rings. The molecule has 0 saturated carbocycles. The summed E-state index contributed by atoms with van der Waals surface area (Å²) in [5.41, 5.74) is 3.14. The molecule has 0 bridgehead atoms. The molecular formula is C21H22BrClN6. The average Bonchev–Trinajstić information content (AvgIpc) is 2.71. The minimum absolute atomic E-state index is 0.366. The summed E-state index contributed by atoms with van der Waals surface area (Å²) in [6, 6.07) is 7.59. The number of aryl methyl sites for hydroxylation is 1. The molecular weight excluding hydrogens is 452 g/mol. The summed E-state index contributed by atoms with van der Waals surface area (Å²) in [6.07, 6.45) is 6.23. The van der Waals surface area contributed by atoms with Crippen molar-refractivity contribution in [3.05, 3.63) is 57.7 Å². The van der Waals surface area contributed by atoms with Crippen molar-refractivity contribution in [3.63, 3.8) is 0 Å². The Hall–Kier alpha value is -2.38. The minimum Gasteiger partial charge on any atom is -0.362 e. The van der Waals surface area contributed by atoms with Gasteiger partial charge in [-0.05, 0) is 53.4 Å². The molecule has 3 aromatic heterocycles. The third-order valence-corrected chi connectivity index (χ3v) is 4.98. The van der Waals surface area contributed by atoms with Gasteiger partial charge in [-0.15, -0.1) is 0 Å². The predicted molar refractivity (Wildman–Crippen MR) is 122 cm³/mol. The van der Waals surface area contributed by atoms with E-state index in [1.165, 1.54) is 0 Å². The van der Waals surface area contributed by atoms with Crippen molar-refractivity contribution in [1.82, 2.24) is 19.9 Å². The number of aliphatic imine (C=N–C) groups is 1. The van der Waals surface area contributed by atoms with Gasteiger partial charge in [0.25, 0.3) is 0 Å². The molecule has 0 spiro atoms. The minimum atomic E-state index is 0.366. The van der Waals surface area contributed by atoms with Gasteiger partial charge in [0.1, 0.15) is 10.3 Å². The number of halogens is 2. The van der Waals surface area contributed by atoms with Crippen molar-refractivity contribution < 1.29 is 0 Å². The Morgan fingerprint density at radius 2 is 2.07 bits per heavy atom. The number of anilines is 1. The normalized spacial score (nSPS) is 12.3. The third-order valence-electron chi connectivity index (χ3n) is 4.33. The van der Waals surface area contributed by atoms with Gasteiger partial charge in [0, 0.05) is 24.2 Å². The van der Waals surface area contributed by atoms with E-state index in [-0.39, 0.29) is 0 Å². The summed E-state index contributed by atoms with van der Waals surface area (Å²) < 4.78 is 0.788. The first kappa shape index (κ1) is 21.3. The fraction of sp³-hybridized carbons (Fsp3) is 0.286. The Balaban J connectivity index is 1.99. The average molecular weight is 474 g/mol. The molecule has 8 heteroatoms. The second-order valence-electron chi connectivity index (χ2n) is 6.69. The van der Waals surface area contributed by atoms with Crippen LogP contribution in [0.15, 0.2) is 46.3 Å². The Morgan fingerprint density at radius 3 is 2.79 bits per heavy atom. The molecule has 29 heavy (non-hydrogen) atoms. The van der Waals surface area contributed by atoms with E-state index in [1.54, 1.807) is 18.5 Å². The molecule has 1 unspecified atom stereocenters. The van der Waals surface area contributed by atoms with E-state index in [4.69, 9.17) is 16.6 Å². The lowest BCUT2D eigenvalue weighted by molar-refractivity contribution is 0.754. The van der Waals surface area contributed by atoms with Gasteiger partial charge in [-0.25, -0.2) is 15.0 Å². The maximum absolute atomic E-state index is 6.09. The Labute approximate surface area is 184 Å². The number of nitrogens with zero attached hydrogens (tertiary/aromatic N) is 5. The molecule has 0 radical (unpaired) electrons. The first-order chi connectivity index (χ1) is 14.0. The zero-order valence-corrected chi connectivity index (χ0v) is 18.9. The van der Waals surface area contributed by atoms with Crippen molar-refractivity contribution in [1.29, 1.82) is 0 Å². The van der Waals surface area contributed by atoms with E-state index < -0.39 is 0 Å². The maximum atomic E-state index is 6.09. The molecule has 0 aliphatic heterocycles. The summed E-state index contributed by atoms with van der Waals surface area (Å²) in [7, 11) is 0. The van der Waals surface area contributed by atoms with Gasteiger partial charge in [0.2, 0.25) is 0 Å². The lowest BCUT2D eigenvalue weighted by atomic mass is 10.1. The number of nitrogens with one attached hydrogen (secondary N) is 1. The van der Waals surface area contributed by atoms with Crippen LogP contribution in [0.1, 0.15) is 31.7 Å². The highest BCUT2D eigenvalue weighted by molar-refractivity contribution is 9.10. The SMILES string of the molecule is CCC(C)C=Nc1c(C)nc(-c2cncc(Cl)c2)nc1NCc1cccc(Br)n1. The van der Waals surface area contributed by atoms with E-state index >= 15 is 0 Å². The molecule has 0 aliphatic carbocycles. The van der Waals surface area contributed by atoms with Gasteiger partial charge in [0.05, 0.1) is 23.0 Å². The van der Waals surface area contributed by atoms with Crippen LogP contribution in [0, 0.1) is 12.8 Å². The van der Waals surface area contributed by atoms with Crippen LogP contribution in [0.3, 0.4) is 0 Å². The lowest BCUT2D eigenvalue weighted by Crippen LogP contribution is -2.07. The van der Waals surface area contributed by atoms with Crippen molar-refractivity contribution >= 4 is 45.3 Å². The maximum Gasteiger partial charge on any atom is 0.163 e. The molecule has 1 N–H and O–H groups in total. The summed E-state index contributed by atoms with van der Waals surface area (Å²) in [5, 5.41) is 3.90. The van der Waals surface area contributed by atoms with Crippen LogP contribution in [0.2, 0.25) is 5.02 Å². The van der Waals surface area contributed by atoms with Crippen molar-refractivity contribution in [2.75, 3.05) is 5.32 Å². The van der Waals surface area contributed by atoms with Crippen LogP contribution in [-0.2, 0) is 6.54 Å². The van der Waals surface area contributed by atoms with Crippen LogP contribution < -0.4 is 5.32 Å². The highest BCUT2D eigenvalue weighted by Crippen LogP contribution is 2.30. The second-order valence-corrected chi connectivity index (χ2v) is 7.94. The molecule has 1 atom stereocenters. The molecule has 3 aromatic rings. The predicted octanol–water partition coefficient (Wildman–Crippen LogP) is 6.02. The molecule has 0 saturated heterocycles. The van der Waals surface area contributed by atoms with E-state index in [1.807, 2.05) is 31.3 Å². The van der Waals surface area contributed by atoms with Crippen LogP contribution >= 0.6 is 27.5 Å². The van der Waals surface area contributed by atoms with Gasteiger partial charge in [-0.1, -0.05) is 31.5 Å². The largest absolute Gasteiger partial charge is 0.362 e. The van der Waals surface area contributed by atoms with Gasteiger partial charge < -0.3 is 5.32 Å². The topological polar surface area (TPSA) is 76.0 Å². The summed E-state index contributed by atoms with van der Waals surface area (Å²) in [4.78, 5) is 22.6. The molecule has 0 amide bonds. The summed E-state index contributed by atoms with van der Waals surface area (Å²) >= 11 is 9.50. The van der Waals surface area contributed by atoms with Gasteiger partial charge in [0.15, 0.2) is 11.6 Å². The van der Waals surface area contributed by atoms with E-state index in [2.05, 4.69) is 55.0 Å². The number of pyridine rings is 2.